The van der Waals surface area contributed by atoms with Crippen molar-refractivity contribution in [3.63, 3.8) is 0 Å². The van der Waals surface area contributed by atoms with Crippen molar-refractivity contribution in [3.05, 3.63) is 53.3 Å². The molecule has 0 aliphatic carbocycles. The first-order chi connectivity index (χ1) is 12.4. The van der Waals surface area contributed by atoms with Gasteiger partial charge in [0.05, 0.1) is 5.69 Å². The van der Waals surface area contributed by atoms with Gasteiger partial charge in [0.25, 0.3) is 0 Å². The van der Waals surface area contributed by atoms with E-state index in [1.807, 2.05) is 39.2 Å². The Morgan fingerprint density at radius 2 is 2.08 bits per heavy atom. The number of aliphatic imine (C=N–C) groups is 1. The first kappa shape index (κ1) is 18.1. The van der Waals surface area contributed by atoms with Gasteiger partial charge in [0.2, 0.25) is 5.91 Å². The summed E-state index contributed by atoms with van der Waals surface area (Å²) in [5.41, 5.74) is 4.18. The zero-order valence-electron chi connectivity index (χ0n) is 15.2. The molecular weight excluding hydrogens is 331 g/mol. The minimum Gasteiger partial charge on any atom is -0.384 e. The second-order valence-electron chi connectivity index (χ2n) is 6.71. The van der Waals surface area contributed by atoms with E-state index >= 15 is 0 Å². The van der Waals surface area contributed by atoms with Crippen molar-refractivity contribution < 1.29 is 9.18 Å². The van der Waals surface area contributed by atoms with Crippen molar-refractivity contribution in [3.8, 4) is 0 Å². The molecule has 26 heavy (non-hydrogen) atoms. The van der Waals surface area contributed by atoms with E-state index in [0.29, 0.717) is 11.3 Å². The molecule has 1 atom stereocenters. The standard InChI is InChI=1S/C20H23FN4O/c1-13-10-15(5-7-18(13)22-8-9-25(2)3)23-12-17-16-11-14(21)4-6-19(16)24-20(17)26/h4-7,10-12,17,22H,8-9H2,1-3H3,(H,24,26). The van der Waals surface area contributed by atoms with Crippen LogP contribution in [0.2, 0.25) is 0 Å². The summed E-state index contributed by atoms with van der Waals surface area (Å²) in [5.74, 6) is -1.12. The molecule has 1 amide bonds. The molecule has 6 heteroatoms. The summed E-state index contributed by atoms with van der Waals surface area (Å²) < 4.78 is 13.5. The molecule has 1 aliphatic heterocycles. The quantitative estimate of drug-likeness (QED) is 0.780. The molecule has 136 valence electrons. The largest absolute Gasteiger partial charge is 0.384 e. The van der Waals surface area contributed by atoms with Gasteiger partial charge in [-0.25, -0.2) is 4.39 Å². The van der Waals surface area contributed by atoms with E-state index in [1.165, 1.54) is 12.1 Å². The van der Waals surface area contributed by atoms with Crippen LogP contribution in [0.3, 0.4) is 0 Å². The number of fused-ring (bicyclic) bond motifs is 1. The number of nitrogens with zero attached hydrogens (tertiary/aromatic N) is 2. The van der Waals surface area contributed by atoms with Crippen LogP contribution in [0.15, 0.2) is 41.4 Å². The molecule has 5 nitrogen and oxygen atoms in total. The van der Waals surface area contributed by atoms with Crippen LogP contribution in [0.1, 0.15) is 17.0 Å². The number of aryl methyl sites for hydroxylation is 1. The summed E-state index contributed by atoms with van der Waals surface area (Å²) in [6, 6.07) is 10.2. The van der Waals surface area contributed by atoms with E-state index in [-0.39, 0.29) is 11.7 Å². The molecule has 3 rings (SSSR count). The van der Waals surface area contributed by atoms with Crippen molar-refractivity contribution >= 4 is 29.2 Å². The summed E-state index contributed by atoms with van der Waals surface area (Å²) in [6.07, 6.45) is 1.58. The highest BCUT2D eigenvalue weighted by Crippen LogP contribution is 2.32. The molecule has 2 N–H and O–H groups in total. The van der Waals surface area contributed by atoms with Crippen molar-refractivity contribution in [2.75, 3.05) is 37.8 Å². The van der Waals surface area contributed by atoms with Crippen molar-refractivity contribution in [2.24, 2.45) is 4.99 Å². The molecule has 0 saturated carbocycles. The Labute approximate surface area is 152 Å². The van der Waals surface area contributed by atoms with Gasteiger partial charge in [-0.2, -0.15) is 0 Å². The van der Waals surface area contributed by atoms with Crippen LogP contribution in [0, 0.1) is 12.7 Å². The number of carbonyl (C=O) groups excluding carboxylic acids is 1. The molecule has 2 aromatic rings. The third-order valence-corrected chi connectivity index (χ3v) is 4.35. The number of rotatable bonds is 6. The number of benzene rings is 2. The highest BCUT2D eigenvalue weighted by Gasteiger charge is 2.29. The Balaban J connectivity index is 1.72. The van der Waals surface area contributed by atoms with Gasteiger partial charge in [0.15, 0.2) is 0 Å². The summed E-state index contributed by atoms with van der Waals surface area (Å²) >= 11 is 0. The number of likely N-dealkylation sites (N-methyl/N-ethyl adjacent to an activating group) is 1. The lowest BCUT2D eigenvalue weighted by atomic mass is 10.0. The molecule has 0 spiro atoms. The Kier molecular flexibility index (Phi) is 5.32. The van der Waals surface area contributed by atoms with Crippen molar-refractivity contribution in [2.45, 2.75) is 12.8 Å². The average molecular weight is 354 g/mol. The zero-order chi connectivity index (χ0) is 18.7. The lowest BCUT2D eigenvalue weighted by Crippen LogP contribution is -2.21. The van der Waals surface area contributed by atoms with Gasteiger partial charge in [-0.1, -0.05) is 0 Å². The van der Waals surface area contributed by atoms with Crippen molar-refractivity contribution in [1.82, 2.24) is 4.90 Å². The Morgan fingerprint density at radius 1 is 1.27 bits per heavy atom. The highest BCUT2D eigenvalue weighted by molar-refractivity contribution is 6.12. The van der Waals surface area contributed by atoms with Crippen LogP contribution in [0.4, 0.5) is 21.5 Å². The van der Waals surface area contributed by atoms with Crippen LogP contribution in [-0.4, -0.2) is 44.2 Å². The number of amides is 1. The average Bonchev–Trinajstić information content (AvgIpc) is 2.89. The molecule has 0 fully saturated rings. The normalized spacial score (nSPS) is 16.2. The summed E-state index contributed by atoms with van der Waals surface area (Å²) in [7, 11) is 4.07. The van der Waals surface area contributed by atoms with Gasteiger partial charge in [-0.05, 0) is 68.5 Å². The number of halogens is 1. The van der Waals surface area contributed by atoms with Gasteiger partial charge in [0, 0.05) is 30.7 Å². The van der Waals surface area contributed by atoms with E-state index in [4.69, 9.17) is 0 Å². The number of hydrogen-bond donors (Lipinski definition) is 2. The molecule has 2 aromatic carbocycles. The van der Waals surface area contributed by atoms with Crippen LogP contribution in [0.5, 0.6) is 0 Å². The minimum atomic E-state index is -0.570. The molecular formula is C20H23FN4O. The molecule has 1 aliphatic rings. The fourth-order valence-electron chi connectivity index (χ4n) is 2.91. The lowest BCUT2D eigenvalue weighted by Gasteiger charge is -2.13. The summed E-state index contributed by atoms with van der Waals surface area (Å²) in [6.45, 7) is 3.83. The van der Waals surface area contributed by atoms with Crippen molar-refractivity contribution in [1.29, 1.82) is 0 Å². The Hall–Kier alpha value is -2.73. The van der Waals surface area contributed by atoms with Gasteiger partial charge in [-0.15, -0.1) is 0 Å². The van der Waals surface area contributed by atoms with Gasteiger partial charge < -0.3 is 15.5 Å². The second kappa shape index (κ2) is 7.66. The first-order valence-electron chi connectivity index (χ1n) is 8.58. The van der Waals surface area contributed by atoms with Crippen LogP contribution >= 0.6 is 0 Å². The summed E-state index contributed by atoms with van der Waals surface area (Å²) in [4.78, 5) is 18.7. The molecule has 0 aromatic heterocycles. The van der Waals surface area contributed by atoms with E-state index < -0.39 is 5.92 Å². The molecule has 0 bridgehead atoms. The third kappa shape index (κ3) is 4.08. The topological polar surface area (TPSA) is 56.7 Å². The predicted molar refractivity (Wildman–Crippen MR) is 104 cm³/mol. The SMILES string of the molecule is Cc1cc(N=CC2C(=O)Nc3ccc(F)cc32)ccc1NCCN(C)C. The number of hydrogen-bond acceptors (Lipinski definition) is 4. The third-order valence-electron chi connectivity index (χ3n) is 4.35. The molecule has 1 heterocycles. The summed E-state index contributed by atoms with van der Waals surface area (Å²) in [5, 5.41) is 6.15. The predicted octanol–water partition coefficient (Wildman–Crippen LogP) is 3.55. The maximum Gasteiger partial charge on any atom is 0.237 e. The van der Waals surface area contributed by atoms with E-state index in [0.717, 1.165) is 30.0 Å². The van der Waals surface area contributed by atoms with Gasteiger partial charge in [-0.3, -0.25) is 9.79 Å². The van der Waals surface area contributed by atoms with Crippen LogP contribution < -0.4 is 10.6 Å². The minimum absolute atomic E-state index is 0.187. The van der Waals surface area contributed by atoms with E-state index in [1.54, 1.807) is 12.3 Å². The number of nitrogens with one attached hydrogen (secondary N) is 2. The smallest absolute Gasteiger partial charge is 0.237 e. The maximum atomic E-state index is 13.5. The van der Waals surface area contributed by atoms with Crippen LogP contribution in [-0.2, 0) is 4.79 Å². The Morgan fingerprint density at radius 3 is 2.81 bits per heavy atom. The molecule has 0 saturated heterocycles. The first-order valence-corrected chi connectivity index (χ1v) is 8.58. The maximum absolute atomic E-state index is 13.5. The van der Waals surface area contributed by atoms with E-state index in [9.17, 15) is 9.18 Å². The highest BCUT2D eigenvalue weighted by atomic mass is 19.1. The number of carbonyl (C=O) groups is 1. The Bertz CT molecular complexity index is 848. The van der Waals surface area contributed by atoms with E-state index in [2.05, 4.69) is 20.5 Å². The molecule has 1 unspecified atom stereocenters. The monoisotopic (exact) mass is 354 g/mol. The van der Waals surface area contributed by atoms with Crippen LogP contribution in [0.25, 0.3) is 0 Å². The number of anilines is 2. The second-order valence-corrected chi connectivity index (χ2v) is 6.71. The fraction of sp³-hybridized carbons (Fsp3) is 0.300. The lowest BCUT2D eigenvalue weighted by molar-refractivity contribution is -0.115. The van der Waals surface area contributed by atoms with Gasteiger partial charge in [0.1, 0.15) is 11.7 Å². The fourth-order valence-corrected chi connectivity index (χ4v) is 2.91. The molecule has 0 radical (unpaired) electrons. The van der Waals surface area contributed by atoms with Gasteiger partial charge >= 0.3 is 0 Å². The zero-order valence-corrected chi connectivity index (χ0v) is 15.2.